The molecule has 166 valence electrons. The van der Waals surface area contributed by atoms with Crippen LogP contribution in [0.25, 0.3) is 11.8 Å². The van der Waals surface area contributed by atoms with E-state index in [4.69, 9.17) is 0 Å². The molecule has 4 nitrogen and oxygen atoms in total. The van der Waals surface area contributed by atoms with Gasteiger partial charge in [0.15, 0.2) is 0 Å². The number of allylic oxidation sites excluding steroid dienone is 1. The van der Waals surface area contributed by atoms with Crippen LogP contribution in [-0.2, 0) is 11.2 Å². The van der Waals surface area contributed by atoms with Crippen molar-refractivity contribution in [1.82, 2.24) is 14.7 Å². The zero-order valence-corrected chi connectivity index (χ0v) is 19.0. The molecule has 1 fully saturated rings. The molecule has 0 aliphatic heterocycles. The van der Waals surface area contributed by atoms with Crippen molar-refractivity contribution < 1.29 is 9.18 Å². The van der Waals surface area contributed by atoms with Crippen molar-refractivity contribution in [1.29, 1.82) is 0 Å². The van der Waals surface area contributed by atoms with Gasteiger partial charge in [-0.25, -0.2) is 9.07 Å². The van der Waals surface area contributed by atoms with Gasteiger partial charge in [0.05, 0.1) is 17.6 Å². The van der Waals surface area contributed by atoms with Crippen LogP contribution in [0.1, 0.15) is 70.6 Å². The fraction of sp³-hybridized carbons (Fsp3) is 0.538. The summed E-state index contributed by atoms with van der Waals surface area (Å²) >= 11 is 0. The fourth-order valence-corrected chi connectivity index (χ4v) is 5.38. The lowest BCUT2D eigenvalue weighted by Crippen LogP contribution is -2.36. The van der Waals surface area contributed by atoms with Crippen LogP contribution in [0.5, 0.6) is 0 Å². The summed E-state index contributed by atoms with van der Waals surface area (Å²) in [5.74, 6) is 0.548. The summed E-state index contributed by atoms with van der Waals surface area (Å²) in [6, 6.07) is 6.49. The highest BCUT2D eigenvalue weighted by Crippen LogP contribution is 2.52. The van der Waals surface area contributed by atoms with E-state index in [1.54, 1.807) is 12.1 Å². The Morgan fingerprint density at radius 3 is 2.77 bits per heavy atom. The molecule has 1 aromatic carbocycles. The van der Waals surface area contributed by atoms with Crippen LogP contribution in [0, 0.1) is 17.2 Å². The third-order valence-electron chi connectivity index (χ3n) is 6.83. The molecule has 2 aliphatic carbocycles. The third-order valence-corrected chi connectivity index (χ3v) is 6.83. The number of aromatic nitrogens is 2. The van der Waals surface area contributed by atoms with Crippen LogP contribution in [0.15, 0.2) is 36.0 Å². The second kappa shape index (κ2) is 8.97. The maximum atomic E-state index is 13.3. The lowest BCUT2D eigenvalue weighted by atomic mass is 9.70. The van der Waals surface area contributed by atoms with Crippen LogP contribution in [0.3, 0.4) is 0 Å². The van der Waals surface area contributed by atoms with E-state index in [9.17, 15) is 9.18 Å². The standard InChI is InChI=1S/C26H34FN3O/c1-4-14-29(18-19(2)3)25(31)11-13-26-12-5-6-21(26)15-24-20(16-26)17-28-30(24)23-9-7-22(27)8-10-23/h7-10,15,17,19H,4-6,11-14,16,18H2,1-3H3/t26-/m1/s1. The van der Waals surface area contributed by atoms with Crippen molar-refractivity contribution >= 4 is 12.0 Å². The number of hydrogen-bond acceptors (Lipinski definition) is 2. The van der Waals surface area contributed by atoms with Crippen molar-refractivity contribution in [2.75, 3.05) is 13.1 Å². The molecule has 5 heteroatoms. The maximum absolute atomic E-state index is 13.3. The highest BCUT2D eigenvalue weighted by atomic mass is 19.1. The molecule has 31 heavy (non-hydrogen) atoms. The lowest BCUT2D eigenvalue weighted by Gasteiger charge is -2.35. The molecule has 0 bridgehead atoms. The van der Waals surface area contributed by atoms with Gasteiger partial charge >= 0.3 is 0 Å². The third kappa shape index (κ3) is 4.46. The van der Waals surface area contributed by atoms with Crippen LogP contribution in [0.4, 0.5) is 4.39 Å². The highest BCUT2D eigenvalue weighted by Gasteiger charge is 2.42. The Kier molecular flexibility index (Phi) is 6.31. The molecule has 2 aliphatic rings. The molecule has 1 amide bonds. The first-order valence-corrected chi connectivity index (χ1v) is 11.7. The van der Waals surface area contributed by atoms with Gasteiger partial charge < -0.3 is 4.90 Å². The zero-order chi connectivity index (χ0) is 22.0. The topological polar surface area (TPSA) is 38.1 Å². The minimum Gasteiger partial charge on any atom is -0.342 e. The SMILES string of the molecule is CCCN(CC(C)C)C(=O)CC[C@@]12CCCC1=Cc1c(cnn1-c1ccc(F)cc1)C2. The smallest absolute Gasteiger partial charge is 0.222 e. The molecule has 1 atom stereocenters. The first-order chi connectivity index (χ1) is 14.9. The van der Waals surface area contributed by atoms with E-state index in [-0.39, 0.29) is 11.2 Å². The molecule has 1 aromatic heterocycles. The van der Waals surface area contributed by atoms with Crippen molar-refractivity contribution in [2.45, 2.75) is 65.7 Å². The summed E-state index contributed by atoms with van der Waals surface area (Å²) in [4.78, 5) is 15.1. The Labute approximate surface area is 185 Å². The minimum absolute atomic E-state index is 0.0923. The second-order valence-electron chi connectivity index (χ2n) is 9.66. The van der Waals surface area contributed by atoms with E-state index < -0.39 is 0 Å². The molecule has 2 aromatic rings. The molecular weight excluding hydrogens is 389 g/mol. The van der Waals surface area contributed by atoms with Gasteiger partial charge in [0.2, 0.25) is 5.91 Å². The normalized spacial score (nSPS) is 19.8. The maximum Gasteiger partial charge on any atom is 0.222 e. The van der Waals surface area contributed by atoms with Gasteiger partial charge in [-0.3, -0.25) is 4.79 Å². The van der Waals surface area contributed by atoms with Gasteiger partial charge in [-0.1, -0.05) is 26.3 Å². The van der Waals surface area contributed by atoms with E-state index in [0.29, 0.717) is 18.2 Å². The Morgan fingerprint density at radius 2 is 2.06 bits per heavy atom. The Bertz CT molecular complexity index is 960. The molecule has 1 saturated carbocycles. The zero-order valence-electron chi connectivity index (χ0n) is 19.0. The van der Waals surface area contributed by atoms with E-state index in [0.717, 1.165) is 56.6 Å². The number of carbonyl (C=O) groups excluding carboxylic acids is 1. The Morgan fingerprint density at radius 1 is 1.29 bits per heavy atom. The van der Waals surface area contributed by atoms with Crippen molar-refractivity contribution in [2.24, 2.45) is 11.3 Å². The van der Waals surface area contributed by atoms with Crippen molar-refractivity contribution in [3.8, 4) is 5.69 Å². The van der Waals surface area contributed by atoms with E-state index in [2.05, 4.69) is 36.8 Å². The summed E-state index contributed by atoms with van der Waals surface area (Å²) in [6.45, 7) is 8.18. The largest absolute Gasteiger partial charge is 0.342 e. The van der Waals surface area contributed by atoms with Gasteiger partial charge in [-0.05, 0) is 85.8 Å². The van der Waals surface area contributed by atoms with E-state index in [1.807, 2.05) is 10.9 Å². The number of halogens is 1. The fourth-order valence-electron chi connectivity index (χ4n) is 5.38. The molecular formula is C26H34FN3O. The summed E-state index contributed by atoms with van der Waals surface area (Å²) in [6.07, 6.45) is 11.1. The molecule has 0 saturated heterocycles. The predicted octanol–water partition coefficient (Wildman–Crippen LogP) is 5.80. The molecule has 0 radical (unpaired) electrons. The first-order valence-electron chi connectivity index (χ1n) is 11.7. The number of carbonyl (C=O) groups is 1. The highest BCUT2D eigenvalue weighted by molar-refractivity contribution is 5.76. The summed E-state index contributed by atoms with van der Waals surface area (Å²) in [5.41, 5.74) is 4.77. The van der Waals surface area contributed by atoms with Crippen molar-refractivity contribution in [3.63, 3.8) is 0 Å². The summed E-state index contributed by atoms with van der Waals surface area (Å²) in [5, 5.41) is 4.61. The van der Waals surface area contributed by atoms with Crippen LogP contribution in [0.2, 0.25) is 0 Å². The lowest BCUT2D eigenvalue weighted by molar-refractivity contribution is -0.132. The van der Waals surface area contributed by atoms with Crippen LogP contribution >= 0.6 is 0 Å². The minimum atomic E-state index is -0.239. The first kappa shape index (κ1) is 21.8. The molecule has 0 spiro atoms. The van der Waals surface area contributed by atoms with Crippen LogP contribution in [-0.4, -0.2) is 33.7 Å². The number of nitrogens with zero attached hydrogens (tertiary/aromatic N) is 3. The second-order valence-corrected chi connectivity index (χ2v) is 9.66. The van der Waals surface area contributed by atoms with Gasteiger partial charge in [-0.15, -0.1) is 0 Å². The van der Waals surface area contributed by atoms with Gasteiger partial charge in [0.25, 0.3) is 0 Å². The Hall–Kier alpha value is -2.43. The average Bonchev–Trinajstić information content (AvgIpc) is 3.33. The molecule has 4 rings (SSSR count). The number of amides is 1. The number of hydrogen-bond donors (Lipinski definition) is 0. The number of benzene rings is 1. The summed E-state index contributed by atoms with van der Waals surface area (Å²) < 4.78 is 15.3. The number of rotatable bonds is 8. The average molecular weight is 424 g/mol. The Balaban J connectivity index is 1.53. The van der Waals surface area contributed by atoms with Crippen LogP contribution < -0.4 is 0 Å². The summed E-state index contributed by atoms with van der Waals surface area (Å²) in [7, 11) is 0. The molecule has 0 N–H and O–H groups in total. The monoisotopic (exact) mass is 423 g/mol. The molecule has 0 unspecified atom stereocenters. The van der Waals surface area contributed by atoms with Gasteiger partial charge in [0.1, 0.15) is 5.82 Å². The van der Waals surface area contributed by atoms with E-state index in [1.165, 1.54) is 29.7 Å². The van der Waals surface area contributed by atoms with Gasteiger partial charge in [-0.2, -0.15) is 5.10 Å². The van der Waals surface area contributed by atoms with Crippen molar-refractivity contribution in [3.05, 3.63) is 53.1 Å². The van der Waals surface area contributed by atoms with E-state index >= 15 is 0 Å². The van der Waals surface area contributed by atoms with Gasteiger partial charge in [0, 0.05) is 19.5 Å². The quantitative estimate of drug-likeness (QED) is 0.538. The predicted molar refractivity (Wildman–Crippen MR) is 122 cm³/mol. The molecule has 1 heterocycles. The number of fused-ring (bicyclic) bond motifs is 2.